The quantitative estimate of drug-likeness (QED) is 0.936. The van der Waals surface area contributed by atoms with Crippen molar-refractivity contribution in [3.63, 3.8) is 0 Å². The van der Waals surface area contributed by atoms with E-state index in [4.69, 9.17) is 0 Å². The summed E-state index contributed by atoms with van der Waals surface area (Å²) in [5.74, 6) is -0.235. The summed E-state index contributed by atoms with van der Waals surface area (Å²) in [6, 6.07) is 9.36. The summed E-state index contributed by atoms with van der Waals surface area (Å²) >= 11 is 0. The van der Waals surface area contributed by atoms with Crippen molar-refractivity contribution in [3.8, 4) is 0 Å². The van der Waals surface area contributed by atoms with Crippen LogP contribution >= 0.6 is 0 Å². The highest BCUT2D eigenvalue weighted by molar-refractivity contribution is 7.91. The largest absolute Gasteiger partial charge is 0.348 e. The number of hydrogen-bond donors (Lipinski definition) is 1. The molecule has 0 spiro atoms. The summed E-state index contributed by atoms with van der Waals surface area (Å²) in [5.41, 5.74) is 0.393. The number of rotatable bonds is 3. The second-order valence-corrected chi connectivity index (χ2v) is 8.49. The average molecular weight is 332 g/mol. The third kappa shape index (κ3) is 3.52. The van der Waals surface area contributed by atoms with Gasteiger partial charge in [-0.25, -0.2) is 8.42 Å². The van der Waals surface area contributed by atoms with E-state index in [1.807, 2.05) is 30.3 Å². The molecule has 2 aromatic rings. The summed E-state index contributed by atoms with van der Waals surface area (Å²) in [6.07, 6.45) is 5.67. The molecule has 0 unspecified atom stereocenters. The predicted molar refractivity (Wildman–Crippen MR) is 90.1 cm³/mol. The fourth-order valence-electron chi connectivity index (χ4n) is 3.22. The maximum absolute atomic E-state index is 12.6. The zero-order chi connectivity index (χ0) is 16.4. The van der Waals surface area contributed by atoms with E-state index in [2.05, 4.69) is 10.3 Å². The molecule has 1 heterocycles. The van der Waals surface area contributed by atoms with Crippen LogP contribution < -0.4 is 5.32 Å². The third-order valence-electron chi connectivity index (χ3n) is 4.46. The van der Waals surface area contributed by atoms with E-state index in [0.717, 1.165) is 23.6 Å². The molecule has 3 rings (SSSR count). The summed E-state index contributed by atoms with van der Waals surface area (Å²) in [6.45, 7) is 0. The zero-order valence-corrected chi connectivity index (χ0v) is 13.8. The van der Waals surface area contributed by atoms with Crippen LogP contribution in [0, 0.1) is 0 Å². The van der Waals surface area contributed by atoms with Crippen molar-refractivity contribution < 1.29 is 13.2 Å². The predicted octanol–water partition coefficient (Wildman–Crippen LogP) is 2.32. The maximum atomic E-state index is 12.6. The Morgan fingerprint density at radius 3 is 2.78 bits per heavy atom. The van der Waals surface area contributed by atoms with Crippen LogP contribution in [0.25, 0.3) is 10.8 Å². The lowest BCUT2D eigenvalue weighted by Crippen LogP contribution is -2.42. The van der Waals surface area contributed by atoms with Crippen LogP contribution in [0.2, 0.25) is 0 Å². The Hall–Kier alpha value is -1.95. The molecule has 0 saturated heterocycles. The first-order chi connectivity index (χ1) is 10.9. The summed E-state index contributed by atoms with van der Waals surface area (Å²) in [4.78, 5) is 16.8. The van der Waals surface area contributed by atoms with Crippen molar-refractivity contribution in [1.29, 1.82) is 0 Å². The van der Waals surface area contributed by atoms with Crippen LogP contribution in [0.5, 0.6) is 0 Å². The van der Waals surface area contributed by atoms with Crippen molar-refractivity contribution in [1.82, 2.24) is 10.3 Å². The number of carbonyl (C=O) groups excluding carboxylic acids is 1. The molecule has 1 aromatic carbocycles. The highest BCUT2D eigenvalue weighted by atomic mass is 32.2. The Bertz CT molecular complexity index is 827. The van der Waals surface area contributed by atoms with Gasteiger partial charge in [0.05, 0.1) is 5.25 Å². The van der Waals surface area contributed by atoms with Gasteiger partial charge in [-0.05, 0) is 30.7 Å². The Labute approximate surface area is 136 Å². The fourth-order valence-corrected chi connectivity index (χ4v) is 4.40. The molecule has 1 aliphatic carbocycles. The van der Waals surface area contributed by atoms with Crippen molar-refractivity contribution in [2.75, 3.05) is 6.26 Å². The number of sulfone groups is 1. The highest BCUT2D eigenvalue weighted by Gasteiger charge is 2.30. The second-order valence-electron chi connectivity index (χ2n) is 6.17. The number of benzene rings is 1. The van der Waals surface area contributed by atoms with E-state index in [9.17, 15) is 13.2 Å². The molecule has 0 bridgehead atoms. The number of amides is 1. The van der Waals surface area contributed by atoms with E-state index in [-0.39, 0.29) is 17.2 Å². The lowest BCUT2D eigenvalue weighted by molar-refractivity contribution is 0.0925. The van der Waals surface area contributed by atoms with Gasteiger partial charge in [0.1, 0.15) is 15.5 Å². The smallest absolute Gasteiger partial charge is 0.270 e. The Kier molecular flexibility index (Phi) is 4.35. The monoisotopic (exact) mass is 332 g/mol. The molecule has 2 atom stereocenters. The van der Waals surface area contributed by atoms with Gasteiger partial charge in [0.15, 0.2) is 0 Å². The maximum Gasteiger partial charge on any atom is 0.270 e. The first kappa shape index (κ1) is 15.9. The number of aromatic nitrogens is 1. The Balaban J connectivity index is 1.78. The summed E-state index contributed by atoms with van der Waals surface area (Å²) in [5, 5.41) is 4.38. The SMILES string of the molecule is CS(=O)(=O)[C@@H]1CCC[C@H](NC(=O)c2nccc3ccccc23)C1. The van der Waals surface area contributed by atoms with Gasteiger partial charge >= 0.3 is 0 Å². The minimum atomic E-state index is -3.06. The molecular weight excluding hydrogens is 312 g/mol. The number of hydrogen-bond acceptors (Lipinski definition) is 4. The van der Waals surface area contributed by atoms with Crippen LogP contribution in [-0.2, 0) is 9.84 Å². The van der Waals surface area contributed by atoms with Crippen molar-refractivity contribution in [2.45, 2.75) is 37.0 Å². The van der Waals surface area contributed by atoms with E-state index in [1.54, 1.807) is 6.20 Å². The van der Waals surface area contributed by atoms with Gasteiger partial charge in [-0.15, -0.1) is 0 Å². The number of carbonyl (C=O) groups is 1. The molecule has 0 aliphatic heterocycles. The molecule has 6 heteroatoms. The molecule has 1 aliphatic rings. The molecule has 1 saturated carbocycles. The van der Waals surface area contributed by atoms with Gasteiger partial charge in [0.2, 0.25) is 0 Å². The van der Waals surface area contributed by atoms with Gasteiger partial charge in [-0.1, -0.05) is 30.7 Å². The molecule has 1 aromatic heterocycles. The molecule has 0 radical (unpaired) electrons. The standard InChI is InChI=1S/C17H20N2O3S/c1-23(21,22)14-7-4-6-13(11-14)19-17(20)16-15-8-3-2-5-12(15)9-10-18-16/h2-3,5,8-10,13-14H,4,6-7,11H2,1H3,(H,19,20)/t13-,14+/m0/s1. The molecule has 5 nitrogen and oxygen atoms in total. The number of nitrogens with zero attached hydrogens (tertiary/aromatic N) is 1. The Morgan fingerprint density at radius 1 is 1.22 bits per heavy atom. The van der Waals surface area contributed by atoms with E-state index in [0.29, 0.717) is 18.5 Å². The van der Waals surface area contributed by atoms with Crippen molar-refractivity contribution in [2.24, 2.45) is 0 Å². The van der Waals surface area contributed by atoms with Crippen molar-refractivity contribution in [3.05, 3.63) is 42.2 Å². The van der Waals surface area contributed by atoms with Gasteiger partial charge in [0.25, 0.3) is 5.91 Å². The van der Waals surface area contributed by atoms with Crippen LogP contribution in [-0.4, -0.2) is 36.9 Å². The molecule has 1 fully saturated rings. The van der Waals surface area contributed by atoms with E-state index < -0.39 is 9.84 Å². The third-order valence-corrected chi connectivity index (χ3v) is 6.09. The van der Waals surface area contributed by atoms with Crippen LogP contribution in [0.1, 0.15) is 36.2 Å². The fraction of sp³-hybridized carbons (Fsp3) is 0.412. The van der Waals surface area contributed by atoms with E-state index in [1.165, 1.54) is 6.26 Å². The first-order valence-corrected chi connectivity index (χ1v) is 9.74. The first-order valence-electron chi connectivity index (χ1n) is 7.78. The van der Waals surface area contributed by atoms with Crippen LogP contribution in [0.3, 0.4) is 0 Å². The topological polar surface area (TPSA) is 76.1 Å². The summed E-state index contributed by atoms with van der Waals surface area (Å²) in [7, 11) is -3.06. The minimum Gasteiger partial charge on any atom is -0.348 e. The normalized spacial score (nSPS) is 22.0. The number of nitrogens with one attached hydrogen (secondary N) is 1. The van der Waals surface area contributed by atoms with Crippen LogP contribution in [0.15, 0.2) is 36.5 Å². The van der Waals surface area contributed by atoms with Gasteiger partial charge in [-0.2, -0.15) is 0 Å². The number of pyridine rings is 1. The highest BCUT2D eigenvalue weighted by Crippen LogP contribution is 2.24. The molecule has 122 valence electrons. The molecule has 1 N–H and O–H groups in total. The van der Waals surface area contributed by atoms with Gasteiger partial charge in [0, 0.05) is 23.9 Å². The summed E-state index contributed by atoms with van der Waals surface area (Å²) < 4.78 is 23.5. The van der Waals surface area contributed by atoms with Crippen LogP contribution in [0.4, 0.5) is 0 Å². The zero-order valence-electron chi connectivity index (χ0n) is 13.0. The number of fused-ring (bicyclic) bond motifs is 1. The molecule has 23 heavy (non-hydrogen) atoms. The average Bonchev–Trinajstić information content (AvgIpc) is 2.53. The molecule has 1 amide bonds. The van der Waals surface area contributed by atoms with Gasteiger partial charge < -0.3 is 5.32 Å². The molecular formula is C17H20N2O3S. The lowest BCUT2D eigenvalue weighted by atomic mass is 9.94. The van der Waals surface area contributed by atoms with Crippen molar-refractivity contribution >= 4 is 26.5 Å². The second kappa shape index (κ2) is 6.28. The minimum absolute atomic E-state index is 0.114. The van der Waals surface area contributed by atoms with Gasteiger partial charge in [-0.3, -0.25) is 9.78 Å². The van der Waals surface area contributed by atoms with E-state index >= 15 is 0 Å². The lowest BCUT2D eigenvalue weighted by Gasteiger charge is -2.28. The Morgan fingerprint density at radius 2 is 2.00 bits per heavy atom.